The Hall–Kier alpha value is -1.96. The number of rotatable bonds is 2. The van der Waals surface area contributed by atoms with Crippen LogP contribution in [0.4, 0.5) is 5.69 Å². The zero-order valence-corrected chi connectivity index (χ0v) is 11.4. The van der Waals surface area contributed by atoms with Gasteiger partial charge >= 0.3 is 0 Å². The minimum absolute atomic E-state index is 0.998. The third-order valence-corrected chi connectivity index (χ3v) is 2.99. The average molecular weight is 238 g/mol. The van der Waals surface area contributed by atoms with Gasteiger partial charge in [-0.05, 0) is 44.9 Å². The maximum absolute atomic E-state index is 4.75. The van der Waals surface area contributed by atoms with E-state index in [4.69, 9.17) is 4.99 Å². The van der Waals surface area contributed by atoms with Gasteiger partial charge in [0.1, 0.15) is 0 Å². The number of pyridine rings is 1. The molecule has 0 aliphatic rings. The van der Waals surface area contributed by atoms with E-state index in [1.807, 2.05) is 25.3 Å². The fourth-order valence-corrected chi connectivity index (χ4v) is 2.16. The molecule has 0 spiro atoms. The number of aliphatic imine (C=N–C) groups is 1. The van der Waals surface area contributed by atoms with Crippen molar-refractivity contribution in [1.82, 2.24) is 4.98 Å². The van der Waals surface area contributed by atoms with E-state index in [0.717, 1.165) is 17.0 Å². The van der Waals surface area contributed by atoms with Gasteiger partial charge in [0, 0.05) is 23.7 Å². The van der Waals surface area contributed by atoms with Crippen molar-refractivity contribution in [3.63, 3.8) is 0 Å². The Balaban J connectivity index is 2.45. The molecule has 92 valence electrons. The molecule has 2 aromatic rings. The number of aryl methyl sites for hydroxylation is 3. The van der Waals surface area contributed by atoms with E-state index in [-0.39, 0.29) is 0 Å². The Bertz CT molecular complexity index is 560. The molecule has 0 aliphatic carbocycles. The average Bonchev–Trinajstić information content (AvgIpc) is 2.34. The summed E-state index contributed by atoms with van der Waals surface area (Å²) in [7, 11) is 0. The van der Waals surface area contributed by atoms with Gasteiger partial charge in [0.05, 0.1) is 5.69 Å². The third kappa shape index (κ3) is 2.65. The molecule has 0 fully saturated rings. The first kappa shape index (κ1) is 12.5. The lowest BCUT2D eigenvalue weighted by atomic mass is 10.1. The number of nitrogens with zero attached hydrogens (tertiary/aromatic N) is 2. The molecule has 0 aliphatic heterocycles. The van der Waals surface area contributed by atoms with Crippen LogP contribution >= 0.6 is 0 Å². The van der Waals surface area contributed by atoms with Gasteiger partial charge in [-0.1, -0.05) is 23.8 Å². The molecular weight excluding hydrogens is 220 g/mol. The van der Waals surface area contributed by atoms with Crippen LogP contribution in [0, 0.1) is 20.8 Å². The molecule has 1 aromatic heterocycles. The fraction of sp³-hybridized carbons (Fsp3) is 0.250. The van der Waals surface area contributed by atoms with Crippen LogP contribution in [0.1, 0.15) is 29.2 Å². The van der Waals surface area contributed by atoms with E-state index in [1.165, 1.54) is 16.7 Å². The van der Waals surface area contributed by atoms with Crippen molar-refractivity contribution in [1.29, 1.82) is 0 Å². The Morgan fingerprint density at radius 1 is 1.11 bits per heavy atom. The minimum atomic E-state index is 0.998. The SMILES string of the molecule is CC(=Nc1c(C)cc(C)cc1C)c1cccnc1. The van der Waals surface area contributed by atoms with Gasteiger partial charge in [0.15, 0.2) is 0 Å². The van der Waals surface area contributed by atoms with Crippen molar-refractivity contribution in [3.05, 3.63) is 58.9 Å². The lowest BCUT2D eigenvalue weighted by Crippen LogP contribution is -1.95. The summed E-state index contributed by atoms with van der Waals surface area (Å²) in [5.74, 6) is 0. The monoisotopic (exact) mass is 238 g/mol. The van der Waals surface area contributed by atoms with Gasteiger partial charge in [-0.15, -0.1) is 0 Å². The Kier molecular flexibility index (Phi) is 3.56. The van der Waals surface area contributed by atoms with Crippen molar-refractivity contribution in [2.75, 3.05) is 0 Å². The molecule has 18 heavy (non-hydrogen) atoms. The lowest BCUT2D eigenvalue weighted by Gasteiger charge is -2.08. The number of hydrogen-bond donors (Lipinski definition) is 0. The highest BCUT2D eigenvalue weighted by Gasteiger charge is 2.04. The first-order valence-corrected chi connectivity index (χ1v) is 6.11. The van der Waals surface area contributed by atoms with Crippen LogP contribution in [0.15, 0.2) is 41.7 Å². The van der Waals surface area contributed by atoms with Gasteiger partial charge in [-0.25, -0.2) is 0 Å². The van der Waals surface area contributed by atoms with E-state index in [1.54, 1.807) is 6.20 Å². The predicted octanol–water partition coefficient (Wildman–Crippen LogP) is 4.15. The van der Waals surface area contributed by atoms with Gasteiger partial charge in [-0.3, -0.25) is 9.98 Å². The number of benzene rings is 1. The molecule has 0 radical (unpaired) electrons. The van der Waals surface area contributed by atoms with Crippen molar-refractivity contribution < 1.29 is 0 Å². The summed E-state index contributed by atoms with van der Waals surface area (Å²) in [5.41, 5.74) is 6.85. The molecule has 2 nitrogen and oxygen atoms in total. The van der Waals surface area contributed by atoms with E-state index in [0.29, 0.717) is 0 Å². The first-order valence-electron chi connectivity index (χ1n) is 6.11. The molecular formula is C16H18N2. The summed E-state index contributed by atoms with van der Waals surface area (Å²) in [6, 6.07) is 8.30. The molecule has 2 heteroatoms. The van der Waals surface area contributed by atoms with Crippen LogP contribution in [0.25, 0.3) is 0 Å². The molecule has 0 atom stereocenters. The molecule has 0 unspecified atom stereocenters. The summed E-state index contributed by atoms with van der Waals surface area (Å²) in [6.07, 6.45) is 3.62. The standard InChI is InChI=1S/C16H18N2/c1-11-8-12(2)16(13(3)9-11)18-14(4)15-6-5-7-17-10-15/h5-10H,1-4H3. The second kappa shape index (κ2) is 5.13. The maximum atomic E-state index is 4.75. The maximum Gasteiger partial charge on any atom is 0.0691 e. The zero-order chi connectivity index (χ0) is 13.1. The number of hydrogen-bond acceptors (Lipinski definition) is 2. The van der Waals surface area contributed by atoms with E-state index >= 15 is 0 Å². The van der Waals surface area contributed by atoms with Crippen LogP contribution in [0.3, 0.4) is 0 Å². The second-order valence-electron chi connectivity index (χ2n) is 4.69. The Morgan fingerprint density at radius 3 is 2.33 bits per heavy atom. The van der Waals surface area contributed by atoms with Crippen molar-refractivity contribution in [3.8, 4) is 0 Å². The molecule has 0 saturated heterocycles. The predicted molar refractivity (Wildman–Crippen MR) is 76.8 cm³/mol. The molecule has 0 N–H and O–H groups in total. The largest absolute Gasteiger partial charge is 0.264 e. The highest BCUT2D eigenvalue weighted by molar-refractivity contribution is 6.00. The van der Waals surface area contributed by atoms with Crippen LogP contribution in [-0.2, 0) is 0 Å². The van der Waals surface area contributed by atoms with Crippen LogP contribution in [0.5, 0.6) is 0 Å². The quantitative estimate of drug-likeness (QED) is 0.721. The second-order valence-corrected chi connectivity index (χ2v) is 4.69. The topological polar surface area (TPSA) is 25.2 Å². The van der Waals surface area contributed by atoms with Crippen molar-refractivity contribution in [2.24, 2.45) is 4.99 Å². The zero-order valence-electron chi connectivity index (χ0n) is 11.4. The van der Waals surface area contributed by atoms with Crippen LogP contribution in [-0.4, -0.2) is 10.7 Å². The normalized spacial score (nSPS) is 11.7. The van der Waals surface area contributed by atoms with E-state index < -0.39 is 0 Å². The Morgan fingerprint density at radius 2 is 1.78 bits per heavy atom. The van der Waals surface area contributed by atoms with Gasteiger partial charge in [0.25, 0.3) is 0 Å². The Labute approximate surface area is 108 Å². The highest BCUT2D eigenvalue weighted by Crippen LogP contribution is 2.25. The summed E-state index contributed by atoms with van der Waals surface area (Å²) < 4.78 is 0. The summed E-state index contributed by atoms with van der Waals surface area (Å²) in [5, 5.41) is 0. The molecule has 0 saturated carbocycles. The van der Waals surface area contributed by atoms with Crippen LogP contribution < -0.4 is 0 Å². The van der Waals surface area contributed by atoms with Crippen molar-refractivity contribution >= 4 is 11.4 Å². The third-order valence-electron chi connectivity index (χ3n) is 2.99. The fourth-order valence-electron chi connectivity index (χ4n) is 2.16. The van der Waals surface area contributed by atoms with Crippen molar-refractivity contribution in [2.45, 2.75) is 27.7 Å². The summed E-state index contributed by atoms with van der Waals surface area (Å²) in [6.45, 7) is 8.35. The van der Waals surface area contributed by atoms with E-state index in [2.05, 4.69) is 37.9 Å². The smallest absolute Gasteiger partial charge is 0.0691 e. The molecule has 1 heterocycles. The van der Waals surface area contributed by atoms with Gasteiger partial charge in [-0.2, -0.15) is 0 Å². The van der Waals surface area contributed by atoms with E-state index in [9.17, 15) is 0 Å². The number of aromatic nitrogens is 1. The lowest BCUT2D eigenvalue weighted by molar-refractivity contribution is 1.27. The first-order chi connectivity index (χ1) is 8.58. The molecule has 2 rings (SSSR count). The molecule has 0 amide bonds. The molecule has 1 aromatic carbocycles. The summed E-state index contributed by atoms with van der Waals surface area (Å²) in [4.78, 5) is 8.87. The summed E-state index contributed by atoms with van der Waals surface area (Å²) >= 11 is 0. The minimum Gasteiger partial charge on any atom is -0.264 e. The van der Waals surface area contributed by atoms with Gasteiger partial charge < -0.3 is 0 Å². The highest BCUT2D eigenvalue weighted by atomic mass is 14.8. The molecule has 0 bridgehead atoms. The van der Waals surface area contributed by atoms with Crippen LogP contribution in [0.2, 0.25) is 0 Å². The van der Waals surface area contributed by atoms with Gasteiger partial charge in [0.2, 0.25) is 0 Å².